The van der Waals surface area contributed by atoms with Gasteiger partial charge in [-0.25, -0.2) is 13.1 Å². The molecule has 1 atom stereocenters. The van der Waals surface area contributed by atoms with Crippen molar-refractivity contribution < 1.29 is 23.0 Å². The first kappa shape index (κ1) is 17.3. The van der Waals surface area contributed by atoms with Crippen molar-refractivity contribution in [1.82, 2.24) is 4.72 Å². The van der Waals surface area contributed by atoms with Crippen LogP contribution in [0.5, 0.6) is 11.5 Å². The highest BCUT2D eigenvalue weighted by molar-refractivity contribution is 7.89. The molecule has 0 fully saturated rings. The van der Waals surface area contributed by atoms with Crippen LogP contribution >= 0.6 is 0 Å². The van der Waals surface area contributed by atoms with Gasteiger partial charge in [0.15, 0.2) is 0 Å². The first-order valence-electron chi connectivity index (χ1n) is 6.92. The molecule has 0 aliphatic heterocycles. The maximum atomic E-state index is 12.2. The molecule has 23 heavy (non-hydrogen) atoms. The van der Waals surface area contributed by atoms with Gasteiger partial charge < -0.3 is 14.6 Å². The highest BCUT2D eigenvalue weighted by Gasteiger charge is 2.17. The molecule has 2 aromatic carbocycles. The number of rotatable bonds is 7. The lowest BCUT2D eigenvalue weighted by molar-refractivity contribution is 0.181. The van der Waals surface area contributed by atoms with Crippen molar-refractivity contribution in [2.75, 3.05) is 20.8 Å². The van der Waals surface area contributed by atoms with Crippen LogP contribution in [-0.4, -0.2) is 34.3 Å². The van der Waals surface area contributed by atoms with E-state index in [1.54, 1.807) is 36.4 Å². The first-order valence-corrected chi connectivity index (χ1v) is 8.40. The summed E-state index contributed by atoms with van der Waals surface area (Å²) >= 11 is 0. The van der Waals surface area contributed by atoms with Crippen molar-refractivity contribution in [3.63, 3.8) is 0 Å². The highest BCUT2D eigenvalue weighted by Crippen LogP contribution is 2.20. The van der Waals surface area contributed by atoms with Crippen molar-refractivity contribution in [3.05, 3.63) is 54.1 Å². The Morgan fingerprint density at radius 2 is 1.70 bits per heavy atom. The van der Waals surface area contributed by atoms with E-state index in [-0.39, 0.29) is 11.4 Å². The molecule has 1 unspecified atom stereocenters. The lowest BCUT2D eigenvalue weighted by Gasteiger charge is -2.13. The van der Waals surface area contributed by atoms with E-state index in [1.165, 1.54) is 26.4 Å². The van der Waals surface area contributed by atoms with Crippen molar-refractivity contribution >= 4 is 10.0 Å². The Hall–Kier alpha value is -2.09. The fourth-order valence-corrected chi connectivity index (χ4v) is 3.03. The lowest BCUT2D eigenvalue weighted by Crippen LogP contribution is -2.28. The molecule has 2 N–H and O–H groups in total. The Balaban J connectivity index is 2.05. The third-order valence-corrected chi connectivity index (χ3v) is 4.75. The zero-order valence-corrected chi connectivity index (χ0v) is 13.7. The lowest BCUT2D eigenvalue weighted by atomic mass is 10.1. The van der Waals surface area contributed by atoms with Crippen molar-refractivity contribution in [1.29, 1.82) is 0 Å². The predicted molar refractivity (Wildman–Crippen MR) is 86.1 cm³/mol. The molecule has 0 aliphatic rings. The molecule has 0 bridgehead atoms. The maximum Gasteiger partial charge on any atom is 0.240 e. The van der Waals surface area contributed by atoms with E-state index in [2.05, 4.69) is 4.72 Å². The monoisotopic (exact) mass is 337 g/mol. The summed E-state index contributed by atoms with van der Waals surface area (Å²) in [5, 5.41) is 10.1. The summed E-state index contributed by atoms with van der Waals surface area (Å²) < 4.78 is 36.9. The van der Waals surface area contributed by atoms with Crippen LogP contribution in [-0.2, 0) is 10.0 Å². The third kappa shape index (κ3) is 4.44. The quantitative estimate of drug-likeness (QED) is 0.803. The van der Waals surface area contributed by atoms with Crippen LogP contribution in [0.15, 0.2) is 53.4 Å². The van der Waals surface area contributed by atoms with Gasteiger partial charge in [-0.05, 0) is 42.0 Å². The zero-order valence-electron chi connectivity index (χ0n) is 12.9. The van der Waals surface area contributed by atoms with E-state index in [1.807, 2.05) is 0 Å². The standard InChI is InChI=1S/C16H19NO5S/c1-21-13-6-8-15(9-7-13)23(19,20)17-11-16(18)12-4-3-5-14(10-12)22-2/h3-10,16-18H,11H2,1-2H3. The smallest absolute Gasteiger partial charge is 0.240 e. The van der Waals surface area contributed by atoms with Gasteiger partial charge in [0, 0.05) is 6.54 Å². The molecular formula is C16H19NO5S. The van der Waals surface area contributed by atoms with Crippen LogP contribution in [0.3, 0.4) is 0 Å². The largest absolute Gasteiger partial charge is 0.497 e. The van der Waals surface area contributed by atoms with Crippen LogP contribution in [0.25, 0.3) is 0 Å². The van der Waals surface area contributed by atoms with E-state index >= 15 is 0 Å². The van der Waals surface area contributed by atoms with E-state index in [0.717, 1.165) is 0 Å². The van der Waals surface area contributed by atoms with Crippen LogP contribution in [0, 0.1) is 0 Å². The molecule has 7 heteroatoms. The Morgan fingerprint density at radius 1 is 1.04 bits per heavy atom. The summed E-state index contributed by atoms with van der Waals surface area (Å²) in [5.41, 5.74) is 0.571. The van der Waals surface area contributed by atoms with Gasteiger partial charge in [-0.15, -0.1) is 0 Å². The molecule has 2 rings (SSSR count). The number of nitrogens with one attached hydrogen (secondary N) is 1. The Bertz CT molecular complexity index is 743. The number of methoxy groups -OCH3 is 2. The van der Waals surface area contributed by atoms with E-state index in [9.17, 15) is 13.5 Å². The van der Waals surface area contributed by atoms with E-state index < -0.39 is 16.1 Å². The number of sulfonamides is 1. The van der Waals surface area contributed by atoms with Gasteiger partial charge in [0.2, 0.25) is 10.0 Å². The molecular weight excluding hydrogens is 318 g/mol. The molecule has 0 aromatic heterocycles. The molecule has 0 spiro atoms. The second-order valence-electron chi connectivity index (χ2n) is 4.82. The van der Waals surface area contributed by atoms with Gasteiger partial charge >= 0.3 is 0 Å². The fourth-order valence-electron chi connectivity index (χ4n) is 1.99. The minimum atomic E-state index is -3.70. The van der Waals surface area contributed by atoms with Crippen LogP contribution in [0.4, 0.5) is 0 Å². The van der Waals surface area contributed by atoms with Crippen LogP contribution in [0.2, 0.25) is 0 Å². The fraction of sp³-hybridized carbons (Fsp3) is 0.250. The molecule has 6 nitrogen and oxygen atoms in total. The van der Waals surface area contributed by atoms with Gasteiger partial charge in [-0.2, -0.15) is 0 Å². The minimum absolute atomic E-state index is 0.108. The Morgan fingerprint density at radius 3 is 2.30 bits per heavy atom. The van der Waals surface area contributed by atoms with Gasteiger partial charge in [0.1, 0.15) is 11.5 Å². The number of hydrogen-bond acceptors (Lipinski definition) is 5. The predicted octanol–water partition coefficient (Wildman–Crippen LogP) is 1.72. The second-order valence-corrected chi connectivity index (χ2v) is 6.59. The van der Waals surface area contributed by atoms with E-state index in [4.69, 9.17) is 9.47 Å². The van der Waals surface area contributed by atoms with Crippen molar-refractivity contribution in [2.24, 2.45) is 0 Å². The molecule has 0 saturated heterocycles. The average molecular weight is 337 g/mol. The van der Waals surface area contributed by atoms with Gasteiger partial charge in [0.25, 0.3) is 0 Å². The highest BCUT2D eigenvalue weighted by atomic mass is 32.2. The second kappa shape index (κ2) is 7.45. The summed E-state index contributed by atoms with van der Waals surface area (Å²) in [6.07, 6.45) is -0.974. The minimum Gasteiger partial charge on any atom is -0.497 e. The zero-order chi connectivity index (χ0) is 16.9. The summed E-state index contributed by atoms with van der Waals surface area (Å²) in [5.74, 6) is 1.17. The Kier molecular flexibility index (Phi) is 5.59. The Labute approximate surface area is 135 Å². The molecule has 2 aromatic rings. The van der Waals surface area contributed by atoms with Crippen molar-refractivity contribution in [3.8, 4) is 11.5 Å². The third-order valence-electron chi connectivity index (χ3n) is 3.32. The molecule has 0 aliphatic carbocycles. The number of aliphatic hydroxyl groups is 1. The topological polar surface area (TPSA) is 84.9 Å². The normalized spacial score (nSPS) is 12.7. The van der Waals surface area contributed by atoms with Gasteiger partial charge in [-0.1, -0.05) is 12.1 Å². The molecule has 0 saturated carbocycles. The molecule has 0 heterocycles. The summed E-state index contributed by atoms with van der Waals surface area (Å²) in [6.45, 7) is -0.137. The van der Waals surface area contributed by atoms with Gasteiger partial charge in [-0.3, -0.25) is 0 Å². The van der Waals surface area contributed by atoms with Crippen LogP contribution < -0.4 is 14.2 Å². The van der Waals surface area contributed by atoms with Crippen LogP contribution in [0.1, 0.15) is 11.7 Å². The number of ether oxygens (including phenoxy) is 2. The number of hydrogen-bond donors (Lipinski definition) is 2. The first-order chi connectivity index (χ1) is 11.0. The molecule has 124 valence electrons. The SMILES string of the molecule is COc1ccc(S(=O)(=O)NCC(O)c2cccc(OC)c2)cc1. The van der Waals surface area contributed by atoms with Gasteiger partial charge in [0.05, 0.1) is 25.2 Å². The summed E-state index contributed by atoms with van der Waals surface area (Å²) in [7, 11) is -0.669. The maximum absolute atomic E-state index is 12.2. The van der Waals surface area contributed by atoms with Crippen molar-refractivity contribution in [2.45, 2.75) is 11.0 Å². The molecule has 0 radical (unpaired) electrons. The number of benzene rings is 2. The van der Waals surface area contributed by atoms with E-state index in [0.29, 0.717) is 17.1 Å². The summed E-state index contributed by atoms with van der Waals surface area (Å²) in [4.78, 5) is 0.108. The summed E-state index contributed by atoms with van der Waals surface area (Å²) in [6, 6.07) is 12.9. The molecule has 0 amide bonds. The number of aliphatic hydroxyl groups excluding tert-OH is 1. The average Bonchev–Trinajstić information content (AvgIpc) is 2.59.